The summed E-state index contributed by atoms with van der Waals surface area (Å²) in [5.41, 5.74) is 7.70. The zero-order valence-electron chi connectivity index (χ0n) is 18.4. The monoisotopic (exact) mass is 391 g/mol. The van der Waals surface area contributed by atoms with Crippen LogP contribution in [0.4, 0.5) is 17.1 Å². The zero-order chi connectivity index (χ0) is 20.6. The highest BCUT2D eigenvalue weighted by Gasteiger charge is 2.34. The normalized spacial score (nSPS) is 21.5. The number of benzene rings is 2. The van der Waals surface area contributed by atoms with Crippen LogP contribution in [-0.2, 0) is 4.74 Å². The Bertz CT molecular complexity index is 895. The van der Waals surface area contributed by atoms with E-state index in [-0.39, 0.29) is 5.54 Å². The summed E-state index contributed by atoms with van der Waals surface area (Å²) in [4.78, 5) is 9.56. The Hall–Kier alpha value is -2.33. The molecular weight excluding hydrogens is 358 g/mol. The van der Waals surface area contributed by atoms with Crippen molar-refractivity contribution in [3.63, 3.8) is 0 Å². The zero-order valence-corrected chi connectivity index (χ0v) is 18.4. The van der Waals surface area contributed by atoms with E-state index < -0.39 is 0 Å². The van der Waals surface area contributed by atoms with Crippen LogP contribution in [0.5, 0.6) is 0 Å². The Kier molecular flexibility index (Phi) is 5.39. The third-order valence-corrected chi connectivity index (χ3v) is 6.60. The fraction of sp³-hybridized carbons (Fsp3) is 0.480. The lowest BCUT2D eigenvalue weighted by Crippen LogP contribution is -2.45. The molecule has 2 heterocycles. The molecular formula is C25H33N3O. The molecule has 154 valence electrons. The molecule has 4 rings (SSSR count). The van der Waals surface area contributed by atoms with Gasteiger partial charge in [0.2, 0.25) is 0 Å². The standard InChI is InChI=1S/C25H33N3O/c1-18-14-24-23(19(2)16-25(3,4)27(24)5)15-20(18)17-26-21-6-8-22(9-7-21)28-10-12-29-13-11-28/h6-9,14-15,17,19H,10-13,16H2,1-5H3/t19-/m1/s1. The topological polar surface area (TPSA) is 28.1 Å². The number of nitrogens with zero attached hydrogens (tertiary/aromatic N) is 3. The maximum atomic E-state index is 5.44. The highest BCUT2D eigenvalue weighted by molar-refractivity contribution is 5.86. The van der Waals surface area contributed by atoms with E-state index in [9.17, 15) is 0 Å². The van der Waals surface area contributed by atoms with Crippen molar-refractivity contribution in [2.45, 2.75) is 45.6 Å². The van der Waals surface area contributed by atoms with Crippen LogP contribution in [-0.4, -0.2) is 45.1 Å². The first-order chi connectivity index (χ1) is 13.8. The summed E-state index contributed by atoms with van der Waals surface area (Å²) in [5, 5.41) is 0. The van der Waals surface area contributed by atoms with E-state index in [0.29, 0.717) is 5.92 Å². The molecule has 29 heavy (non-hydrogen) atoms. The molecule has 0 aromatic heterocycles. The Morgan fingerprint density at radius 1 is 1.10 bits per heavy atom. The third-order valence-electron chi connectivity index (χ3n) is 6.60. The lowest BCUT2D eigenvalue weighted by molar-refractivity contribution is 0.122. The molecule has 1 saturated heterocycles. The van der Waals surface area contributed by atoms with E-state index in [0.717, 1.165) is 32.0 Å². The number of rotatable bonds is 3. The number of morpholine rings is 1. The highest BCUT2D eigenvalue weighted by atomic mass is 16.5. The molecule has 0 aliphatic carbocycles. The van der Waals surface area contributed by atoms with Gasteiger partial charge in [-0.2, -0.15) is 0 Å². The van der Waals surface area contributed by atoms with E-state index >= 15 is 0 Å². The maximum Gasteiger partial charge on any atom is 0.0642 e. The molecule has 2 aromatic carbocycles. The van der Waals surface area contributed by atoms with Crippen LogP contribution >= 0.6 is 0 Å². The molecule has 1 fully saturated rings. The van der Waals surface area contributed by atoms with Crippen LogP contribution in [0.1, 0.15) is 49.8 Å². The van der Waals surface area contributed by atoms with E-state index in [2.05, 4.69) is 80.9 Å². The van der Waals surface area contributed by atoms with Crippen molar-refractivity contribution in [2.75, 3.05) is 43.2 Å². The molecule has 4 nitrogen and oxygen atoms in total. The molecule has 4 heteroatoms. The summed E-state index contributed by atoms with van der Waals surface area (Å²) in [6, 6.07) is 13.2. The van der Waals surface area contributed by atoms with Crippen LogP contribution < -0.4 is 9.80 Å². The van der Waals surface area contributed by atoms with Gasteiger partial charge < -0.3 is 14.5 Å². The number of anilines is 2. The van der Waals surface area contributed by atoms with Gasteiger partial charge in [-0.3, -0.25) is 4.99 Å². The molecule has 1 atom stereocenters. The van der Waals surface area contributed by atoms with Crippen molar-refractivity contribution >= 4 is 23.3 Å². The second-order valence-electron chi connectivity index (χ2n) is 9.12. The quantitative estimate of drug-likeness (QED) is 0.664. The first kappa shape index (κ1) is 20.0. The van der Waals surface area contributed by atoms with Gasteiger partial charge in [0.25, 0.3) is 0 Å². The summed E-state index contributed by atoms with van der Waals surface area (Å²) in [7, 11) is 2.22. The average molecular weight is 392 g/mol. The first-order valence-corrected chi connectivity index (χ1v) is 10.7. The van der Waals surface area contributed by atoms with Crippen molar-refractivity contribution in [1.29, 1.82) is 0 Å². The van der Waals surface area contributed by atoms with E-state index in [4.69, 9.17) is 9.73 Å². The molecule has 0 amide bonds. The van der Waals surface area contributed by atoms with Crippen LogP contribution in [0.3, 0.4) is 0 Å². The van der Waals surface area contributed by atoms with Gasteiger partial charge in [0.15, 0.2) is 0 Å². The van der Waals surface area contributed by atoms with Gasteiger partial charge in [-0.15, -0.1) is 0 Å². The molecule has 0 spiro atoms. The summed E-state index contributed by atoms with van der Waals surface area (Å²) in [5.74, 6) is 0.553. The first-order valence-electron chi connectivity index (χ1n) is 10.7. The van der Waals surface area contributed by atoms with Crippen LogP contribution in [0.2, 0.25) is 0 Å². The number of fused-ring (bicyclic) bond motifs is 1. The Balaban J connectivity index is 1.55. The lowest BCUT2D eigenvalue weighted by Gasteiger charge is -2.45. The van der Waals surface area contributed by atoms with Gasteiger partial charge in [-0.1, -0.05) is 6.92 Å². The predicted octanol–water partition coefficient (Wildman–Crippen LogP) is 5.30. The maximum absolute atomic E-state index is 5.44. The fourth-order valence-electron chi connectivity index (χ4n) is 4.59. The molecule has 0 unspecified atom stereocenters. The minimum Gasteiger partial charge on any atom is -0.378 e. The second-order valence-corrected chi connectivity index (χ2v) is 9.12. The molecule has 0 N–H and O–H groups in total. The Morgan fingerprint density at radius 2 is 1.79 bits per heavy atom. The molecule has 0 radical (unpaired) electrons. The van der Waals surface area contributed by atoms with Crippen LogP contribution in [0.25, 0.3) is 0 Å². The van der Waals surface area contributed by atoms with Crippen molar-refractivity contribution < 1.29 is 4.74 Å². The number of aryl methyl sites for hydroxylation is 1. The van der Waals surface area contributed by atoms with Gasteiger partial charge in [-0.05, 0) is 86.2 Å². The van der Waals surface area contributed by atoms with E-state index in [1.54, 1.807) is 0 Å². The smallest absolute Gasteiger partial charge is 0.0642 e. The van der Waals surface area contributed by atoms with Gasteiger partial charge in [0, 0.05) is 43.3 Å². The largest absolute Gasteiger partial charge is 0.378 e. The minimum atomic E-state index is 0.191. The number of hydrogen-bond acceptors (Lipinski definition) is 4. The van der Waals surface area contributed by atoms with Crippen molar-refractivity contribution in [3.8, 4) is 0 Å². The molecule has 2 aliphatic rings. The Morgan fingerprint density at radius 3 is 2.48 bits per heavy atom. The van der Waals surface area contributed by atoms with E-state index in [1.807, 2.05) is 6.21 Å². The van der Waals surface area contributed by atoms with Crippen LogP contribution in [0, 0.1) is 6.92 Å². The van der Waals surface area contributed by atoms with Gasteiger partial charge in [0.1, 0.15) is 0 Å². The fourth-order valence-corrected chi connectivity index (χ4v) is 4.59. The van der Waals surface area contributed by atoms with Gasteiger partial charge in [0.05, 0.1) is 18.9 Å². The van der Waals surface area contributed by atoms with Crippen LogP contribution in [0.15, 0.2) is 41.4 Å². The third kappa shape index (κ3) is 4.04. The summed E-state index contributed by atoms with van der Waals surface area (Å²) in [6.07, 6.45) is 3.19. The minimum absolute atomic E-state index is 0.191. The van der Waals surface area contributed by atoms with Gasteiger partial charge >= 0.3 is 0 Å². The van der Waals surface area contributed by atoms with Crippen molar-refractivity contribution in [1.82, 2.24) is 0 Å². The molecule has 2 aromatic rings. The highest BCUT2D eigenvalue weighted by Crippen LogP contribution is 2.43. The van der Waals surface area contributed by atoms with Crippen molar-refractivity contribution in [3.05, 3.63) is 53.1 Å². The Labute approximate surface area is 175 Å². The number of aliphatic imine (C=N–C) groups is 1. The molecule has 0 saturated carbocycles. The molecule has 0 bridgehead atoms. The lowest BCUT2D eigenvalue weighted by atomic mass is 9.79. The number of ether oxygens (including phenoxy) is 1. The average Bonchev–Trinajstić information content (AvgIpc) is 2.72. The summed E-state index contributed by atoms with van der Waals surface area (Å²) >= 11 is 0. The SMILES string of the molecule is Cc1cc2c(cc1C=Nc1ccc(N3CCOCC3)cc1)[C@H](C)CC(C)(C)N2C. The molecule has 2 aliphatic heterocycles. The van der Waals surface area contributed by atoms with E-state index in [1.165, 1.54) is 34.5 Å². The number of hydrogen-bond donors (Lipinski definition) is 0. The summed E-state index contributed by atoms with van der Waals surface area (Å²) in [6.45, 7) is 12.7. The summed E-state index contributed by atoms with van der Waals surface area (Å²) < 4.78 is 5.44. The second kappa shape index (κ2) is 7.83. The van der Waals surface area contributed by atoms with Gasteiger partial charge in [-0.25, -0.2) is 0 Å². The predicted molar refractivity (Wildman–Crippen MR) is 123 cm³/mol. The van der Waals surface area contributed by atoms with Crippen molar-refractivity contribution in [2.24, 2.45) is 4.99 Å².